The summed E-state index contributed by atoms with van der Waals surface area (Å²) in [6.45, 7) is 9.49. The van der Waals surface area contributed by atoms with Crippen molar-refractivity contribution < 1.29 is 14.3 Å². The molecule has 1 amide bonds. The summed E-state index contributed by atoms with van der Waals surface area (Å²) < 4.78 is 5.18. The zero-order valence-corrected chi connectivity index (χ0v) is 16.1. The first-order chi connectivity index (χ1) is 11.2. The van der Waals surface area contributed by atoms with Crippen molar-refractivity contribution in [1.29, 1.82) is 0 Å². The molecule has 0 bridgehead atoms. The Morgan fingerprint density at radius 1 is 1.25 bits per heavy atom. The third-order valence-corrected chi connectivity index (χ3v) is 7.41. The molecule has 2 heterocycles. The highest BCUT2D eigenvalue weighted by Crippen LogP contribution is 2.39. The van der Waals surface area contributed by atoms with Crippen LogP contribution in [0, 0.1) is 0 Å². The minimum absolute atomic E-state index is 0.0649. The van der Waals surface area contributed by atoms with Crippen LogP contribution in [-0.4, -0.2) is 45.4 Å². The van der Waals surface area contributed by atoms with Gasteiger partial charge in [0.15, 0.2) is 11.2 Å². The first-order valence-electron chi connectivity index (χ1n) is 8.22. The third-order valence-electron chi connectivity index (χ3n) is 4.73. The molecule has 1 aromatic rings. The van der Waals surface area contributed by atoms with E-state index in [1.165, 1.54) is 6.21 Å². The molecule has 0 saturated carbocycles. The fourth-order valence-electron chi connectivity index (χ4n) is 2.67. The van der Waals surface area contributed by atoms with Crippen LogP contribution in [0.1, 0.15) is 18.9 Å². The van der Waals surface area contributed by atoms with Crippen LogP contribution >= 0.6 is 0 Å². The van der Waals surface area contributed by atoms with Gasteiger partial charge in [0, 0.05) is 37.6 Å². The summed E-state index contributed by atoms with van der Waals surface area (Å²) in [7, 11) is 0.798. The number of ketones is 1. The second-order valence-electron chi connectivity index (χ2n) is 7.26. The zero-order valence-electron chi connectivity index (χ0n) is 15.1. The quantitative estimate of drug-likeness (QED) is 0.661. The van der Waals surface area contributed by atoms with Gasteiger partial charge >= 0.3 is 0 Å². The van der Waals surface area contributed by atoms with Crippen molar-refractivity contribution in [3.05, 3.63) is 29.8 Å². The van der Waals surface area contributed by atoms with Crippen LogP contribution in [0.15, 0.2) is 29.3 Å². The van der Waals surface area contributed by atoms with Gasteiger partial charge < -0.3 is 10.1 Å². The number of hydrogen-bond donors (Lipinski definition) is 1. The predicted molar refractivity (Wildman–Crippen MR) is 98.7 cm³/mol. The molecule has 2 aliphatic heterocycles. The van der Waals surface area contributed by atoms with E-state index in [-0.39, 0.29) is 11.7 Å². The summed E-state index contributed by atoms with van der Waals surface area (Å²) in [4.78, 5) is 28.2. The van der Waals surface area contributed by atoms with Crippen LogP contribution < -0.4 is 5.32 Å². The normalized spacial score (nSPS) is 23.4. The number of para-hydroxylation sites is 1. The van der Waals surface area contributed by atoms with Crippen LogP contribution in [0.2, 0.25) is 19.6 Å². The van der Waals surface area contributed by atoms with Crippen molar-refractivity contribution in [3.63, 3.8) is 0 Å². The number of methoxy groups -OCH3 is 1. The molecule has 1 N–H and O–H groups in total. The van der Waals surface area contributed by atoms with E-state index in [0.29, 0.717) is 29.9 Å². The summed E-state index contributed by atoms with van der Waals surface area (Å²) in [5.41, 5.74) is 0.752. The van der Waals surface area contributed by atoms with Gasteiger partial charge in [-0.05, 0) is 13.0 Å². The number of aliphatic imine (C=N–C) groups is 1. The number of carbonyl (C=O) groups is 2. The van der Waals surface area contributed by atoms with Gasteiger partial charge in [0.2, 0.25) is 5.91 Å². The Morgan fingerprint density at radius 2 is 1.92 bits per heavy atom. The molecule has 24 heavy (non-hydrogen) atoms. The molecular weight excluding hydrogens is 320 g/mol. The maximum absolute atomic E-state index is 12.0. The number of nitrogens with zero attached hydrogens (tertiary/aromatic N) is 1. The van der Waals surface area contributed by atoms with Gasteiger partial charge in [-0.1, -0.05) is 37.8 Å². The lowest BCUT2D eigenvalue weighted by Gasteiger charge is -2.29. The summed E-state index contributed by atoms with van der Waals surface area (Å²) in [5, 5.41) is 2.74. The van der Waals surface area contributed by atoms with E-state index < -0.39 is 13.5 Å². The molecular formula is C18H26N2O3Si. The van der Waals surface area contributed by atoms with Gasteiger partial charge in [-0.2, -0.15) is 0 Å². The van der Waals surface area contributed by atoms with E-state index >= 15 is 0 Å². The molecule has 2 atom stereocenters. The number of fused-ring (bicyclic) bond motifs is 2. The Hall–Kier alpha value is -1.79. The molecule has 1 fully saturated rings. The van der Waals surface area contributed by atoms with Crippen molar-refractivity contribution >= 4 is 31.7 Å². The highest BCUT2D eigenvalue weighted by molar-refractivity contribution is 6.77. The molecule has 130 valence electrons. The highest BCUT2D eigenvalue weighted by Gasteiger charge is 2.51. The molecule has 1 spiro atoms. The molecule has 0 radical (unpaired) electrons. The van der Waals surface area contributed by atoms with E-state index in [9.17, 15) is 9.59 Å². The second-order valence-corrected chi connectivity index (χ2v) is 12.8. The largest absolute Gasteiger partial charge is 0.385 e. The number of benzene rings is 1. The Kier molecular flexibility index (Phi) is 5.40. The van der Waals surface area contributed by atoms with Crippen molar-refractivity contribution in [3.8, 4) is 0 Å². The first kappa shape index (κ1) is 18.5. The first-order valence-corrected chi connectivity index (χ1v) is 11.8. The van der Waals surface area contributed by atoms with Crippen LogP contribution in [0.4, 0.5) is 5.69 Å². The van der Waals surface area contributed by atoms with Crippen molar-refractivity contribution in [1.82, 2.24) is 5.32 Å². The van der Waals surface area contributed by atoms with E-state index in [1.54, 1.807) is 13.2 Å². The number of carbonyl (C=O) groups excluding carboxylic acids is 2. The van der Waals surface area contributed by atoms with Crippen LogP contribution in [0.25, 0.3) is 0 Å². The van der Waals surface area contributed by atoms with Gasteiger partial charge in [-0.15, -0.1) is 0 Å². The van der Waals surface area contributed by atoms with Gasteiger partial charge in [-0.3, -0.25) is 14.6 Å². The fraction of sp³-hybridized carbons (Fsp3) is 0.500. The molecule has 2 aliphatic rings. The van der Waals surface area contributed by atoms with Crippen molar-refractivity contribution in [2.75, 3.05) is 13.7 Å². The smallest absolute Gasteiger partial charge is 0.243 e. The summed E-state index contributed by atoms with van der Waals surface area (Å²) in [6.07, 6.45) is 1.85. The van der Waals surface area contributed by atoms with Crippen LogP contribution in [-0.2, 0) is 19.7 Å². The minimum atomic E-state index is -1.16. The van der Waals surface area contributed by atoms with Crippen molar-refractivity contribution in [2.45, 2.75) is 44.1 Å². The number of Topliss-reactive ketones (excluding diaryl/α,β-unsaturated/α-hetero) is 1. The lowest BCUT2D eigenvalue weighted by molar-refractivity contribution is -0.135. The highest BCUT2D eigenvalue weighted by atomic mass is 28.3. The van der Waals surface area contributed by atoms with Crippen LogP contribution in [0.5, 0.6) is 0 Å². The topological polar surface area (TPSA) is 67.8 Å². The minimum Gasteiger partial charge on any atom is -0.385 e. The monoisotopic (exact) mass is 346 g/mol. The Balaban J connectivity index is 0.000000224. The van der Waals surface area contributed by atoms with E-state index in [2.05, 4.69) is 36.9 Å². The molecule has 0 aliphatic carbocycles. The molecule has 6 heteroatoms. The molecule has 5 nitrogen and oxygen atoms in total. The fourth-order valence-corrected chi connectivity index (χ4v) is 3.37. The number of piperidine rings is 1. The maximum Gasteiger partial charge on any atom is 0.243 e. The van der Waals surface area contributed by atoms with Gasteiger partial charge in [0.25, 0.3) is 0 Å². The Bertz CT molecular complexity index is 648. The number of nitrogens with one attached hydrogen (secondary N) is 1. The maximum atomic E-state index is 12.0. The van der Waals surface area contributed by atoms with Crippen LogP contribution in [0.3, 0.4) is 0 Å². The second kappa shape index (κ2) is 6.99. The average Bonchev–Trinajstić information content (AvgIpc) is 2.93. The van der Waals surface area contributed by atoms with E-state index in [1.807, 2.05) is 18.2 Å². The van der Waals surface area contributed by atoms with Gasteiger partial charge in [0.05, 0.1) is 13.8 Å². The molecule has 1 aromatic carbocycles. The standard InChI is InChI=1S/C12H10N2O2.C6H16OSi/c15-10-5-6-13-11(16)12(10)7-14-9-4-2-1-3-8(9)12;1-6(7-2)8(3,4)5/h1-4,7H,5-6H2,(H,13,16);6H,1-5H3. The number of hydrogen-bond acceptors (Lipinski definition) is 4. The summed E-state index contributed by atoms with van der Waals surface area (Å²) >= 11 is 0. The van der Waals surface area contributed by atoms with Gasteiger partial charge in [0.1, 0.15) is 0 Å². The lowest BCUT2D eigenvalue weighted by Crippen LogP contribution is -2.55. The Labute approximate surface area is 144 Å². The Morgan fingerprint density at radius 3 is 2.46 bits per heavy atom. The van der Waals surface area contributed by atoms with Gasteiger partial charge in [-0.25, -0.2) is 0 Å². The van der Waals surface area contributed by atoms with E-state index in [4.69, 9.17) is 4.74 Å². The lowest BCUT2D eigenvalue weighted by atomic mass is 9.75. The summed E-state index contributed by atoms with van der Waals surface area (Å²) in [6, 6.07) is 7.28. The third kappa shape index (κ3) is 3.35. The zero-order chi connectivity index (χ0) is 18.0. The number of rotatable bonds is 2. The SMILES string of the molecule is COC(C)[Si](C)(C)C.O=C1CCNC(=O)C12C=Nc1ccccc12. The molecule has 1 saturated heterocycles. The predicted octanol–water partition coefficient (Wildman–Crippen LogP) is 2.63. The molecule has 0 aromatic heterocycles. The average molecular weight is 347 g/mol. The van der Waals surface area contributed by atoms with E-state index in [0.717, 1.165) is 0 Å². The number of ether oxygens (including phenoxy) is 1. The molecule has 2 unspecified atom stereocenters. The molecule has 3 rings (SSSR count). The number of amides is 1. The summed E-state index contributed by atoms with van der Waals surface area (Å²) in [5.74, 6) is -0.317. The van der Waals surface area contributed by atoms with Crippen molar-refractivity contribution in [2.24, 2.45) is 4.99 Å².